The monoisotopic (exact) mass is 273 g/mol. The van der Waals surface area contributed by atoms with Crippen molar-refractivity contribution in [2.24, 2.45) is 0 Å². The van der Waals surface area contributed by atoms with E-state index in [-0.39, 0.29) is 6.10 Å². The first kappa shape index (κ1) is 14.8. The van der Waals surface area contributed by atoms with Crippen LogP contribution in [0.5, 0.6) is 0 Å². The molecule has 1 heterocycles. The smallest absolute Gasteiger partial charge is 0.0648 e. The van der Waals surface area contributed by atoms with Gasteiger partial charge in [0.1, 0.15) is 0 Å². The van der Waals surface area contributed by atoms with Crippen molar-refractivity contribution in [2.45, 2.75) is 39.5 Å². The zero-order valence-electron chi connectivity index (χ0n) is 12.4. The zero-order chi connectivity index (χ0) is 14.5. The minimum Gasteiger partial charge on any atom is -0.392 e. The predicted molar refractivity (Wildman–Crippen MR) is 80.8 cm³/mol. The molecule has 0 bridgehead atoms. The van der Waals surface area contributed by atoms with Crippen LogP contribution >= 0.6 is 0 Å². The first-order chi connectivity index (χ1) is 9.56. The summed E-state index contributed by atoms with van der Waals surface area (Å²) in [6.45, 7) is 7.65. The summed E-state index contributed by atoms with van der Waals surface area (Å²) in [6.07, 6.45) is 3.40. The van der Waals surface area contributed by atoms with E-state index in [1.54, 1.807) is 6.20 Å². The van der Waals surface area contributed by atoms with Crippen LogP contribution in [-0.2, 0) is 6.54 Å². The van der Waals surface area contributed by atoms with Crippen LogP contribution in [0.4, 0.5) is 0 Å². The maximum Gasteiger partial charge on any atom is 0.0648 e. The normalized spacial score (nSPS) is 13.1. The minimum atomic E-state index is -0.313. The van der Waals surface area contributed by atoms with Crippen molar-refractivity contribution in [3.05, 3.63) is 48.3 Å². The molecule has 1 unspecified atom stereocenters. The van der Waals surface area contributed by atoms with Gasteiger partial charge in [-0.2, -0.15) is 5.10 Å². The van der Waals surface area contributed by atoms with Crippen molar-refractivity contribution in [2.75, 3.05) is 6.54 Å². The summed E-state index contributed by atoms with van der Waals surface area (Å²) in [5.74, 6) is 0. The second-order valence-corrected chi connectivity index (χ2v) is 5.49. The molecule has 2 aromatic rings. The lowest BCUT2D eigenvalue weighted by Crippen LogP contribution is -2.36. The lowest BCUT2D eigenvalue weighted by molar-refractivity contribution is 0.103. The molecule has 0 fully saturated rings. The highest BCUT2D eigenvalue weighted by atomic mass is 16.3. The number of aliphatic hydroxyl groups excluding tert-OH is 1. The van der Waals surface area contributed by atoms with E-state index in [4.69, 9.17) is 0 Å². The van der Waals surface area contributed by atoms with Crippen LogP contribution in [-0.4, -0.2) is 38.5 Å². The lowest BCUT2D eigenvalue weighted by atomic mass is 10.1. The first-order valence-electron chi connectivity index (χ1n) is 7.07. The van der Waals surface area contributed by atoms with Crippen LogP contribution in [0.1, 0.15) is 26.3 Å². The summed E-state index contributed by atoms with van der Waals surface area (Å²) in [5, 5.41) is 13.9. The Kier molecular flexibility index (Phi) is 4.93. The molecular formula is C16H23N3O. The van der Waals surface area contributed by atoms with Crippen LogP contribution < -0.4 is 0 Å². The first-order valence-corrected chi connectivity index (χ1v) is 7.07. The molecule has 0 aliphatic carbocycles. The molecule has 1 atom stereocenters. The number of aromatic nitrogens is 2. The van der Waals surface area contributed by atoms with Crippen LogP contribution in [0.25, 0.3) is 5.69 Å². The Bertz CT molecular complexity index is 520. The highest BCUT2D eigenvalue weighted by molar-refractivity contribution is 5.35. The fraction of sp³-hybridized carbons (Fsp3) is 0.438. The number of nitrogens with zero attached hydrogens (tertiary/aromatic N) is 3. The maximum absolute atomic E-state index is 9.60. The minimum absolute atomic E-state index is 0.313. The molecule has 20 heavy (non-hydrogen) atoms. The third-order valence-electron chi connectivity index (χ3n) is 3.29. The van der Waals surface area contributed by atoms with Gasteiger partial charge in [0.05, 0.1) is 11.8 Å². The Hall–Kier alpha value is -1.65. The van der Waals surface area contributed by atoms with Crippen LogP contribution in [0, 0.1) is 0 Å². The van der Waals surface area contributed by atoms with Gasteiger partial charge < -0.3 is 5.11 Å². The van der Waals surface area contributed by atoms with Crippen molar-refractivity contribution in [3.8, 4) is 5.69 Å². The standard InChI is InChI=1S/C16H23N3O/c1-13(2)18(11-14(3)20)12-15-6-4-7-16(10-15)19-9-5-8-17-19/h4-10,13-14,20H,11-12H2,1-3H3. The van der Waals surface area contributed by atoms with E-state index in [1.807, 2.05) is 36.0 Å². The molecule has 0 aliphatic rings. The molecule has 0 aliphatic heterocycles. The Balaban J connectivity index is 2.14. The largest absolute Gasteiger partial charge is 0.392 e. The topological polar surface area (TPSA) is 41.3 Å². The average Bonchev–Trinajstić information content (AvgIpc) is 2.91. The fourth-order valence-corrected chi connectivity index (χ4v) is 2.25. The number of aliphatic hydroxyl groups is 1. The molecule has 4 nitrogen and oxygen atoms in total. The van der Waals surface area contributed by atoms with Gasteiger partial charge in [0.2, 0.25) is 0 Å². The van der Waals surface area contributed by atoms with Crippen molar-refractivity contribution < 1.29 is 5.11 Å². The number of hydrogen-bond donors (Lipinski definition) is 1. The van der Waals surface area contributed by atoms with E-state index < -0.39 is 0 Å². The van der Waals surface area contributed by atoms with Gasteiger partial charge >= 0.3 is 0 Å². The number of rotatable bonds is 6. The van der Waals surface area contributed by atoms with Crippen molar-refractivity contribution in [1.29, 1.82) is 0 Å². The van der Waals surface area contributed by atoms with Crippen LogP contribution in [0.15, 0.2) is 42.7 Å². The highest BCUT2D eigenvalue weighted by Gasteiger charge is 2.12. The molecule has 2 rings (SSSR count). The molecule has 1 N–H and O–H groups in total. The van der Waals surface area contributed by atoms with E-state index in [0.717, 1.165) is 12.2 Å². The molecule has 1 aromatic carbocycles. The Morgan fingerprint density at radius 3 is 2.65 bits per heavy atom. The summed E-state index contributed by atoms with van der Waals surface area (Å²) in [4.78, 5) is 2.27. The Morgan fingerprint density at radius 2 is 2.05 bits per heavy atom. The molecule has 108 valence electrons. The molecule has 0 saturated carbocycles. The number of hydrogen-bond acceptors (Lipinski definition) is 3. The molecule has 0 radical (unpaired) electrons. The van der Waals surface area contributed by atoms with Gasteiger partial charge in [-0.1, -0.05) is 12.1 Å². The van der Waals surface area contributed by atoms with Gasteiger partial charge in [-0.05, 0) is 44.5 Å². The van der Waals surface area contributed by atoms with Crippen molar-refractivity contribution >= 4 is 0 Å². The summed E-state index contributed by atoms with van der Waals surface area (Å²) in [6, 6.07) is 10.7. The van der Waals surface area contributed by atoms with Crippen molar-refractivity contribution in [3.63, 3.8) is 0 Å². The zero-order valence-corrected chi connectivity index (χ0v) is 12.4. The van der Waals surface area contributed by atoms with E-state index >= 15 is 0 Å². The predicted octanol–water partition coefficient (Wildman–Crippen LogP) is 2.46. The SMILES string of the molecule is CC(O)CN(Cc1cccc(-n2cccn2)c1)C(C)C. The Labute approximate surface area is 120 Å². The molecule has 0 amide bonds. The van der Waals surface area contributed by atoms with Gasteiger partial charge in [0, 0.05) is 31.5 Å². The molecular weight excluding hydrogens is 250 g/mol. The van der Waals surface area contributed by atoms with Crippen LogP contribution in [0.3, 0.4) is 0 Å². The second kappa shape index (κ2) is 6.68. The molecule has 1 aromatic heterocycles. The quantitative estimate of drug-likeness (QED) is 0.879. The lowest BCUT2D eigenvalue weighted by Gasteiger charge is -2.27. The van der Waals surface area contributed by atoms with E-state index in [1.165, 1.54) is 5.56 Å². The van der Waals surface area contributed by atoms with E-state index in [2.05, 4.69) is 36.0 Å². The summed E-state index contributed by atoms with van der Waals surface area (Å²) >= 11 is 0. The van der Waals surface area contributed by atoms with Gasteiger partial charge in [-0.25, -0.2) is 4.68 Å². The van der Waals surface area contributed by atoms with Gasteiger partial charge in [-0.3, -0.25) is 4.90 Å². The maximum atomic E-state index is 9.60. The van der Waals surface area contributed by atoms with E-state index in [9.17, 15) is 5.11 Å². The molecule has 0 saturated heterocycles. The van der Waals surface area contributed by atoms with Crippen LogP contribution in [0.2, 0.25) is 0 Å². The van der Waals surface area contributed by atoms with E-state index in [0.29, 0.717) is 12.6 Å². The second-order valence-electron chi connectivity index (χ2n) is 5.49. The summed E-state index contributed by atoms with van der Waals surface area (Å²) < 4.78 is 1.86. The third kappa shape index (κ3) is 3.92. The van der Waals surface area contributed by atoms with Crippen molar-refractivity contribution in [1.82, 2.24) is 14.7 Å². The Morgan fingerprint density at radius 1 is 1.25 bits per heavy atom. The molecule has 0 spiro atoms. The highest BCUT2D eigenvalue weighted by Crippen LogP contribution is 2.13. The number of benzene rings is 1. The van der Waals surface area contributed by atoms with Gasteiger partial charge in [0.15, 0.2) is 0 Å². The van der Waals surface area contributed by atoms with Gasteiger partial charge in [0.25, 0.3) is 0 Å². The third-order valence-corrected chi connectivity index (χ3v) is 3.29. The summed E-state index contributed by atoms with van der Waals surface area (Å²) in [7, 11) is 0. The average molecular weight is 273 g/mol. The van der Waals surface area contributed by atoms with Gasteiger partial charge in [-0.15, -0.1) is 0 Å². The summed E-state index contributed by atoms with van der Waals surface area (Å²) in [5.41, 5.74) is 2.29. The molecule has 4 heteroatoms. The fourth-order valence-electron chi connectivity index (χ4n) is 2.25.